The number of benzene rings is 1. The molecule has 1 aromatic heterocycles. The molecule has 1 amide bonds. The third-order valence-corrected chi connectivity index (χ3v) is 4.11. The highest BCUT2D eigenvalue weighted by molar-refractivity contribution is 7.99. The van der Waals surface area contributed by atoms with Gasteiger partial charge in [0.05, 0.1) is 18.0 Å². The Kier molecular flexibility index (Phi) is 7.20. The van der Waals surface area contributed by atoms with E-state index >= 15 is 0 Å². The summed E-state index contributed by atoms with van der Waals surface area (Å²) >= 11 is 1.30. The number of hydrogen-bond donors (Lipinski definition) is 1. The van der Waals surface area contributed by atoms with Crippen LogP contribution in [0.4, 0.5) is 8.78 Å². The zero-order chi connectivity index (χ0) is 17.4. The van der Waals surface area contributed by atoms with Crippen molar-refractivity contribution in [3.63, 3.8) is 0 Å². The monoisotopic (exact) mass is 355 g/mol. The molecule has 0 aliphatic heterocycles. The molecule has 0 aliphatic rings. The standard InChI is InChI=1S/C16H19F2N3O2S/c17-14(18)8-21(7-6-19)15(22)11-24-10-13-9-23-16(20-13)12-4-2-1-3-5-12/h1-5,9,14H,6-8,10-11,19H2. The van der Waals surface area contributed by atoms with Crippen molar-refractivity contribution in [3.05, 3.63) is 42.3 Å². The first-order chi connectivity index (χ1) is 11.6. The van der Waals surface area contributed by atoms with Crippen LogP contribution in [-0.2, 0) is 10.5 Å². The summed E-state index contributed by atoms with van der Waals surface area (Å²) in [4.78, 5) is 17.4. The largest absolute Gasteiger partial charge is 0.444 e. The third kappa shape index (κ3) is 5.61. The fourth-order valence-electron chi connectivity index (χ4n) is 2.06. The van der Waals surface area contributed by atoms with Gasteiger partial charge in [0, 0.05) is 24.4 Å². The van der Waals surface area contributed by atoms with Gasteiger partial charge in [-0.25, -0.2) is 13.8 Å². The van der Waals surface area contributed by atoms with Crippen molar-refractivity contribution < 1.29 is 18.0 Å². The van der Waals surface area contributed by atoms with Gasteiger partial charge in [-0.05, 0) is 12.1 Å². The molecule has 0 fully saturated rings. The van der Waals surface area contributed by atoms with Crippen LogP contribution in [0.15, 0.2) is 41.0 Å². The molecule has 0 saturated carbocycles. The molecule has 0 atom stereocenters. The SMILES string of the molecule is NCCN(CC(F)F)C(=O)CSCc1coc(-c2ccccc2)n1. The summed E-state index contributed by atoms with van der Waals surface area (Å²) in [5, 5.41) is 0. The molecule has 2 aromatic rings. The number of hydrogen-bond acceptors (Lipinski definition) is 5. The normalized spacial score (nSPS) is 11.0. The number of carbonyl (C=O) groups is 1. The van der Waals surface area contributed by atoms with Crippen molar-refractivity contribution in [2.45, 2.75) is 12.2 Å². The van der Waals surface area contributed by atoms with E-state index in [0.717, 1.165) is 10.5 Å². The van der Waals surface area contributed by atoms with Crippen LogP contribution < -0.4 is 5.73 Å². The Bertz CT molecular complexity index is 637. The number of nitrogens with zero attached hydrogens (tertiary/aromatic N) is 2. The van der Waals surface area contributed by atoms with Gasteiger partial charge in [-0.2, -0.15) is 0 Å². The molecule has 0 bridgehead atoms. The Morgan fingerprint density at radius 1 is 1.33 bits per heavy atom. The van der Waals surface area contributed by atoms with Crippen LogP contribution in [0.5, 0.6) is 0 Å². The van der Waals surface area contributed by atoms with E-state index in [9.17, 15) is 13.6 Å². The number of amides is 1. The van der Waals surface area contributed by atoms with Crippen LogP contribution in [0.3, 0.4) is 0 Å². The minimum Gasteiger partial charge on any atom is -0.444 e. The number of carbonyl (C=O) groups excluding carboxylic acids is 1. The second kappa shape index (κ2) is 9.39. The second-order valence-electron chi connectivity index (χ2n) is 5.02. The highest BCUT2D eigenvalue weighted by Crippen LogP contribution is 2.20. The van der Waals surface area contributed by atoms with Gasteiger partial charge in [0.15, 0.2) is 0 Å². The van der Waals surface area contributed by atoms with Crippen molar-refractivity contribution >= 4 is 17.7 Å². The lowest BCUT2D eigenvalue weighted by Crippen LogP contribution is -2.39. The number of halogens is 2. The van der Waals surface area contributed by atoms with Crippen LogP contribution in [0.2, 0.25) is 0 Å². The molecule has 0 spiro atoms. The number of rotatable bonds is 9. The zero-order valence-electron chi connectivity index (χ0n) is 13.0. The molecule has 2 rings (SSSR count). The Morgan fingerprint density at radius 3 is 2.75 bits per heavy atom. The number of aromatic nitrogens is 1. The average Bonchev–Trinajstić information content (AvgIpc) is 3.04. The topological polar surface area (TPSA) is 72.4 Å². The second-order valence-corrected chi connectivity index (χ2v) is 6.01. The molecular weight excluding hydrogens is 336 g/mol. The number of thioether (sulfide) groups is 1. The highest BCUT2D eigenvalue weighted by atomic mass is 32.2. The minimum absolute atomic E-state index is 0.0975. The van der Waals surface area contributed by atoms with Crippen molar-refractivity contribution in [1.29, 1.82) is 0 Å². The van der Waals surface area contributed by atoms with E-state index in [1.54, 1.807) is 0 Å². The van der Waals surface area contributed by atoms with Gasteiger partial charge in [-0.3, -0.25) is 4.79 Å². The van der Waals surface area contributed by atoms with Gasteiger partial charge >= 0.3 is 0 Å². The maximum absolute atomic E-state index is 12.5. The van der Waals surface area contributed by atoms with Gasteiger partial charge in [0.2, 0.25) is 11.8 Å². The number of alkyl halides is 2. The first kappa shape index (κ1) is 18.4. The molecule has 130 valence electrons. The van der Waals surface area contributed by atoms with Gasteiger partial charge in [-0.1, -0.05) is 18.2 Å². The molecule has 8 heteroatoms. The minimum atomic E-state index is -2.56. The van der Waals surface area contributed by atoms with E-state index in [1.807, 2.05) is 30.3 Å². The van der Waals surface area contributed by atoms with E-state index in [0.29, 0.717) is 17.3 Å². The summed E-state index contributed by atoms with van der Waals surface area (Å²) < 4.78 is 30.3. The molecule has 0 aliphatic carbocycles. The first-order valence-corrected chi connectivity index (χ1v) is 8.59. The van der Waals surface area contributed by atoms with Crippen molar-refractivity contribution in [1.82, 2.24) is 9.88 Å². The van der Waals surface area contributed by atoms with E-state index in [2.05, 4.69) is 4.98 Å². The molecule has 0 radical (unpaired) electrons. The Labute approximate surface area is 143 Å². The lowest BCUT2D eigenvalue weighted by molar-refractivity contribution is -0.130. The molecule has 0 saturated heterocycles. The van der Waals surface area contributed by atoms with Crippen molar-refractivity contribution in [2.24, 2.45) is 5.73 Å². The van der Waals surface area contributed by atoms with Crippen molar-refractivity contribution in [2.75, 3.05) is 25.4 Å². The molecule has 2 N–H and O–H groups in total. The van der Waals surface area contributed by atoms with Crippen molar-refractivity contribution in [3.8, 4) is 11.5 Å². The van der Waals surface area contributed by atoms with Crippen LogP contribution in [0, 0.1) is 0 Å². The smallest absolute Gasteiger partial charge is 0.255 e. The van der Waals surface area contributed by atoms with Gasteiger partial charge < -0.3 is 15.1 Å². The molecular formula is C16H19F2N3O2S. The predicted octanol–water partition coefficient (Wildman–Crippen LogP) is 2.63. The van der Waals surface area contributed by atoms with E-state index in [4.69, 9.17) is 10.2 Å². The summed E-state index contributed by atoms with van der Waals surface area (Å²) in [6.07, 6.45) is -1.02. The van der Waals surface area contributed by atoms with Gasteiger partial charge in [0.1, 0.15) is 6.26 Å². The predicted molar refractivity (Wildman–Crippen MR) is 89.7 cm³/mol. The number of nitrogens with two attached hydrogens (primary N) is 1. The van der Waals surface area contributed by atoms with Crippen LogP contribution in [0.25, 0.3) is 11.5 Å². The van der Waals surface area contributed by atoms with Gasteiger partial charge in [0.25, 0.3) is 6.43 Å². The fourth-order valence-corrected chi connectivity index (χ4v) is 2.86. The van der Waals surface area contributed by atoms with E-state index < -0.39 is 13.0 Å². The van der Waals surface area contributed by atoms with E-state index in [1.165, 1.54) is 18.0 Å². The Balaban J connectivity index is 1.83. The summed E-state index contributed by atoms with van der Waals surface area (Å²) in [5.41, 5.74) is 6.92. The van der Waals surface area contributed by atoms with Crippen LogP contribution in [-0.4, -0.2) is 47.6 Å². The molecule has 1 aromatic carbocycles. The molecule has 0 unspecified atom stereocenters. The maximum Gasteiger partial charge on any atom is 0.255 e. The third-order valence-electron chi connectivity index (χ3n) is 3.16. The Hall–Kier alpha value is -1.93. The fraction of sp³-hybridized carbons (Fsp3) is 0.375. The molecule has 5 nitrogen and oxygen atoms in total. The van der Waals surface area contributed by atoms with Crippen LogP contribution >= 0.6 is 11.8 Å². The summed E-state index contributed by atoms with van der Waals surface area (Å²) in [6.45, 7) is -0.294. The average molecular weight is 355 g/mol. The highest BCUT2D eigenvalue weighted by Gasteiger charge is 2.17. The maximum atomic E-state index is 12.5. The quantitative estimate of drug-likeness (QED) is 0.749. The molecule has 1 heterocycles. The van der Waals surface area contributed by atoms with E-state index in [-0.39, 0.29) is 24.7 Å². The lowest BCUT2D eigenvalue weighted by atomic mass is 10.2. The summed E-state index contributed by atoms with van der Waals surface area (Å²) in [7, 11) is 0. The lowest BCUT2D eigenvalue weighted by Gasteiger charge is -2.21. The first-order valence-electron chi connectivity index (χ1n) is 7.43. The summed E-state index contributed by atoms with van der Waals surface area (Å²) in [5.74, 6) is 0.727. The molecule has 24 heavy (non-hydrogen) atoms. The number of oxazole rings is 1. The Morgan fingerprint density at radius 2 is 2.08 bits per heavy atom. The zero-order valence-corrected chi connectivity index (χ0v) is 13.8. The summed E-state index contributed by atoms with van der Waals surface area (Å²) in [6, 6.07) is 9.47. The van der Waals surface area contributed by atoms with Crippen LogP contribution in [0.1, 0.15) is 5.69 Å². The van der Waals surface area contributed by atoms with Gasteiger partial charge in [-0.15, -0.1) is 11.8 Å².